The van der Waals surface area contributed by atoms with Crippen molar-refractivity contribution in [2.45, 2.75) is 42.9 Å². The van der Waals surface area contributed by atoms with Crippen molar-refractivity contribution in [3.05, 3.63) is 59.8 Å². The Balaban J connectivity index is 1.37. The third-order valence-corrected chi connectivity index (χ3v) is 9.38. The van der Waals surface area contributed by atoms with Crippen molar-refractivity contribution < 1.29 is 13.2 Å². The molecular formula is C28H36ClN7O3S. The van der Waals surface area contributed by atoms with Crippen LogP contribution in [0.4, 0.5) is 28.8 Å². The number of anilines is 5. The van der Waals surface area contributed by atoms with Crippen LogP contribution in [-0.2, 0) is 14.6 Å². The van der Waals surface area contributed by atoms with E-state index in [0.717, 1.165) is 25.9 Å². The van der Waals surface area contributed by atoms with Crippen molar-refractivity contribution in [3.63, 3.8) is 0 Å². The second-order valence-electron chi connectivity index (χ2n) is 10.3. The number of hydrogen-bond acceptors (Lipinski definition) is 9. The Morgan fingerprint density at radius 2 is 1.70 bits per heavy atom. The molecule has 0 saturated carbocycles. The van der Waals surface area contributed by atoms with Crippen LogP contribution in [0.3, 0.4) is 0 Å². The lowest BCUT2D eigenvalue weighted by molar-refractivity contribution is -0.117. The number of nitrogens with one attached hydrogen (secondary N) is 3. The minimum absolute atomic E-state index is 0.0412. The van der Waals surface area contributed by atoms with Gasteiger partial charge >= 0.3 is 0 Å². The number of nitrogens with zero attached hydrogens (tertiary/aromatic N) is 4. The number of likely N-dealkylation sites (tertiary alicyclic amines) is 1. The average molecular weight is 586 g/mol. The third kappa shape index (κ3) is 7.48. The van der Waals surface area contributed by atoms with Crippen LogP contribution in [0.2, 0.25) is 5.02 Å². The van der Waals surface area contributed by atoms with Gasteiger partial charge in [-0.15, -0.1) is 0 Å². The first-order chi connectivity index (χ1) is 19.0. The van der Waals surface area contributed by atoms with Gasteiger partial charge in [-0.2, -0.15) is 4.98 Å². The van der Waals surface area contributed by atoms with Crippen molar-refractivity contribution >= 4 is 56.2 Å². The molecule has 1 aliphatic rings. The molecule has 0 aliphatic carbocycles. The van der Waals surface area contributed by atoms with E-state index in [1.165, 1.54) is 6.20 Å². The molecule has 1 saturated heterocycles. The van der Waals surface area contributed by atoms with Crippen molar-refractivity contribution in [2.75, 3.05) is 49.7 Å². The highest BCUT2D eigenvalue weighted by atomic mass is 35.5. The maximum atomic E-state index is 12.8. The Hall–Kier alpha value is -3.25. The number of benzene rings is 2. The SMILES string of the molecule is CC(C)S(=O)(=O)c1ccccc1Nc1nc(Nc2ccc(NC(=O)CN3CCC(N(C)C)CC3)cc2)ncc1Cl. The summed E-state index contributed by atoms with van der Waals surface area (Å²) in [6, 6.07) is 14.5. The number of rotatable bonds is 10. The van der Waals surface area contributed by atoms with Crippen molar-refractivity contribution in [1.29, 1.82) is 0 Å². The van der Waals surface area contributed by atoms with Crippen molar-refractivity contribution in [2.24, 2.45) is 0 Å². The molecular weight excluding hydrogens is 550 g/mol. The lowest BCUT2D eigenvalue weighted by Crippen LogP contribution is -2.44. The monoisotopic (exact) mass is 585 g/mol. The number of para-hydroxylation sites is 1. The zero-order valence-corrected chi connectivity index (χ0v) is 24.8. The van der Waals surface area contributed by atoms with Crippen molar-refractivity contribution in [3.8, 4) is 0 Å². The normalized spacial score (nSPS) is 14.9. The molecule has 12 heteroatoms. The first kappa shape index (κ1) is 29.7. The fraction of sp³-hybridized carbons (Fsp3) is 0.393. The van der Waals surface area contributed by atoms with Gasteiger partial charge in [0, 0.05) is 30.5 Å². The second kappa shape index (κ2) is 12.9. The molecule has 1 amide bonds. The topological polar surface area (TPSA) is 120 Å². The van der Waals surface area contributed by atoms with Crippen LogP contribution in [0.15, 0.2) is 59.6 Å². The molecule has 3 aromatic rings. The first-order valence-electron chi connectivity index (χ1n) is 13.2. The number of hydrogen-bond donors (Lipinski definition) is 3. The maximum Gasteiger partial charge on any atom is 0.238 e. The van der Waals surface area contributed by atoms with Gasteiger partial charge in [0.2, 0.25) is 11.9 Å². The zero-order valence-electron chi connectivity index (χ0n) is 23.2. The fourth-order valence-electron chi connectivity index (χ4n) is 4.48. The number of carbonyl (C=O) groups excluding carboxylic acids is 1. The molecule has 0 bridgehead atoms. The van der Waals surface area contributed by atoms with E-state index in [-0.39, 0.29) is 27.6 Å². The highest BCUT2D eigenvalue weighted by Gasteiger charge is 2.24. The quantitative estimate of drug-likeness (QED) is 0.309. The third-order valence-electron chi connectivity index (χ3n) is 6.89. The highest BCUT2D eigenvalue weighted by molar-refractivity contribution is 7.92. The Morgan fingerprint density at radius 1 is 1.05 bits per heavy atom. The van der Waals surface area contributed by atoms with E-state index < -0.39 is 15.1 Å². The standard InChI is InChI=1S/C28H36ClN7O3S/c1-19(2)40(38,39)25-8-6-5-7-24(25)33-27-23(29)17-30-28(34-27)32-21-11-9-20(10-12-21)31-26(37)18-36-15-13-22(14-16-36)35(3)4/h5-12,17,19,22H,13-16,18H2,1-4H3,(H,31,37)(H2,30,32,33,34). The first-order valence-corrected chi connectivity index (χ1v) is 15.1. The van der Waals surface area contributed by atoms with E-state index in [1.54, 1.807) is 50.2 Å². The summed E-state index contributed by atoms with van der Waals surface area (Å²) in [5, 5.41) is 8.78. The van der Waals surface area contributed by atoms with Gasteiger partial charge in [-0.25, -0.2) is 13.4 Å². The predicted molar refractivity (Wildman–Crippen MR) is 161 cm³/mol. The minimum atomic E-state index is -3.52. The largest absolute Gasteiger partial charge is 0.338 e. The number of aromatic nitrogens is 2. The van der Waals surface area contributed by atoms with Crippen LogP contribution in [0.25, 0.3) is 0 Å². The lowest BCUT2D eigenvalue weighted by atomic mass is 10.0. The molecule has 10 nitrogen and oxygen atoms in total. The van der Waals surface area contributed by atoms with Crippen LogP contribution in [0.5, 0.6) is 0 Å². The van der Waals surface area contributed by atoms with Gasteiger partial charge in [-0.05, 0) is 77.2 Å². The number of sulfone groups is 1. The fourth-order valence-corrected chi connectivity index (χ4v) is 5.82. The molecule has 0 spiro atoms. The van der Waals surface area contributed by atoms with Gasteiger partial charge in [0.1, 0.15) is 5.02 Å². The van der Waals surface area contributed by atoms with Crippen LogP contribution < -0.4 is 16.0 Å². The summed E-state index contributed by atoms with van der Waals surface area (Å²) in [6.45, 7) is 5.47. The summed E-state index contributed by atoms with van der Waals surface area (Å²) in [4.78, 5) is 25.8. The molecule has 0 unspecified atom stereocenters. The second-order valence-corrected chi connectivity index (χ2v) is 13.2. The van der Waals surface area contributed by atoms with E-state index in [1.807, 2.05) is 12.1 Å². The average Bonchev–Trinajstić information content (AvgIpc) is 2.92. The summed E-state index contributed by atoms with van der Waals surface area (Å²) in [7, 11) is 0.676. The van der Waals surface area contributed by atoms with Gasteiger partial charge < -0.3 is 20.9 Å². The van der Waals surface area contributed by atoms with Crippen LogP contribution in [-0.4, -0.2) is 79.1 Å². The molecule has 214 valence electrons. The van der Waals surface area contributed by atoms with Crippen LogP contribution >= 0.6 is 11.6 Å². The van der Waals surface area contributed by atoms with Gasteiger partial charge in [0.15, 0.2) is 15.7 Å². The summed E-state index contributed by atoms with van der Waals surface area (Å²) in [6.07, 6.45) is 3.57. The van der Waals surface area contributed by atoms with Gasteiger partial charge in [-0.3, -0.25) is 9.69 Å². The van der Waals surface area contributed by atoms with Gasteiger partial charge in [-0.1, -0.05) is 23.7 Å². The Kier molecular flexibility index (Phi) is 9.62. The number of amides is 1. The molecule has 2 heterocycles. The molecule has 40 heavy (non-hydrogen) atoms. The summed E-state index contributed by atoms with van der Waals surface area (Å²) in [5.74, 6) is 0.499. The van der Waals surface area contributed by atoms with Crippen LogP contribution in [0.1, 0.15) is 26.7 Å². The Morgan fingerprint density at radius 3 is 2.35 bits per heavy atom. The number of piperidine rings is 1. The molecule has 3 N–H and O–H groups in total. The smallest absolute Gasteiger partial charge is 0.238 e. The van der Waals surface area contributed by atoms with E-state index >= 15 is 0 Å². The van der Waals surface area contributed by atoms with E-state index in [0.29, 0.717) is 29.6 Å². The predicted octanol–water partition coefficient (Wildman–Crippen LogP) is 4.76. The van der Waals surface area contributed by atoms with Gasteiger partial charge in [0.05, 0.1) is 28.6 Å². The van der Waals surface area contributed by atoms with E-state index in [9.17, 15) is 13.2 Å². The Bertz CT molecular complexity index is 1420. The number of halogens is 1. The highest BCUT2D eigenvalue weighted by Crippen LogP contribution is 2.30. The Labute approximate surface area is 241 Å². The molecule has 1 aromatic heterocycles. The minimum Gasteiger partial charge on any atom is -0.338 e. The molecule has 1 aliphatic heterocycles. The summed E-state index contributed by atoms with van der Waals surface area (Å²) < 4.78 is 25.6. The van der Waals surface area contributed by atoms with Gasteiger partial charge in [0.25, 0.3) is 0 Å². The number of carbonyl (C=O) groups is 1. The maximum absolute atomic E-state index is 12.8. The zero-order chi connectivity index (χ0) is 28.9. The molecule has 0 radical (unpaired) electrons. The van der Waals surface area contributed by atoms with E-state index in [4.69, 9.17) is 11.6 Å². The summed E-state index contributed by atoms with van der Waals surface area (Å²) >= 11 is 6.33. The molecule has 1 fully saturated rings. The molecule has 4 rings (SSSR count). The van der Waals surface area contributed by atoms with Crippen molar-refractivity contribution in [1.82, 2.24) is 19.8 Å². The van der Waals surface area contributed by atoms with Crippen LogP contribution in [0, 0.1) is 0 Å². The molecule has 0 atom stereocenters. The summed E-state index contributed by atoms with van der Waals surface area (Å²) in [5.41, 5.74) is 1.78. The molecule has 2 aromatic carbocycles. The lowest BCUT2D eigenvalue weighted by Gasteiger charge is -2.34. The van der Waals surface area contributed by atoms with E-state index in [2.05, 4.69) is 49.8 Å².